The fourth-order valence-electron chi connectivity index (χ4n) is 4.63. The Morgan fingerprint density at radius 1 is 1.40 bits per heavy atom. The lowest BCUT2D eigenvalue weighted by Gasteiger charge is -2.44. The number of carbonyl (C=O) groups excluding carboxylic acids is 1. The monoisotopic (exact) mass is 356 g/mol. The van der Waals surface area contributed by atoms with Crippen LogP contribution in [-0.4, -0.2) is 43.2 Å². The molecule has 7 heteroatoms. The first-order valence-electron chi connectivity index (χ1n) is 8.54. The maximum atomic E-state index is 12.7. The Bertz CT molecular complexity index is 649. The molecule has 3 unspecified atom stereocenters. The second-order valence-electron chi connectivity index (χ2n) is 6.95. The van der Waals surface area contributed by atoms with Crippen LogP contribution in [0.25, 0.3) is 0 Å². The number of hydrogen-bond acceptors (Lipinski definition) is 3. The normalized spacial score (nSPS) is 29.8. The summed E-state index contributed by atoms with van der Waals surface area (Å²) in [6.45, 7) is 0.556. The number of alkyl halides is 3. The molecule has 1 saturated heterocycles. The molecule has 0 aromatic heterocycles. The van der Waals surface area contributed by atoms with E-state index < -0.39 is 24.1 Å². The van der Waals surface area contributed by atoms with E-state index in [1.165, 1.54) is 0 Å². The van der Waals surface area contributed by atoms with Crippen LogP contribution in [0.15, 0.2) is 24.3 Å². The summed E-state index contributed by atoms with van der Waals surface area (Å²) in [6, 6.07) is 6.88. The Balaban J connectivity index is 1.94. The molecule has 0 radical (unpaired) electrons. The fourth-order valence-corrected chi connectivity index (χ4v) is 4.63. The molecule has 3 atom stereocenters. The Hall–Kier alpha value is -1.60. The molecule has 1 aliphatic heterocycles. The molecule has 0 spiro atoms. The first kappa shape index (κ1) is 18.2. The number of fused-ring (bicyclic) bond motifs is 2. The number of rotatable bonds is 5. The summed E-state index contributed by atoms with van der Waals surface area (Å²) in [5.41, 5.74) is 5.92. The number of likely N-dealkylation sites (tertiary alicyclic amines) is 1. The van der Waals surface area contributed by atoms with Gasteiger partial charge in [-0.25, -0.2) is 0 Å². The molecular weight excluding hydrogens is 333 g/mol. The van der Waals surface area contributed by atoms with Gasteiger partial charge in [-0.2, -0.15) is 13.2 Å². The zero-order valence-corrected chi connectivity index (χ0v) is 14.2. The molecule has 1 aromatic rings. The largest absolute Gasteiger partial charge is 0.390 e. The molecule has 138 valence electrons. The number of amides is 1. The van der Waals surface area contributed by atoms with Crippen LogP contribution in [0.4, 0.5) is 13.2 Å². The third-order valence-electron chi connectivity index (χ3n) is 5.65. The Morgan fingerprint density at radius 3 is 2.80 bits per heavy atom. The molecule has 2 aliphatic rings. The lowest BCUT2D eigenvalue weighted by molar-refractivity contribution is -0.141. The van der Waals surface area contributed by atoms with Crippen LogP contribution in [0.3, 0.4) is 0 Å². The molecule has 25 heavy (non-hydrogen) atoms. The zero-order valence-electron chi connectivity index (χ0n) is 14.2. The number of nitrogens with zero attached hydrogens (tertiary/aromatic N) is 1. The van der Waals surface area contributed by atoms with E-state index >= 15 is 0 Å². The van der Waals surface area contributed by atoms with Crippen LogP contribution < -0.4 is 5.73 Å². The van der Waals surface area contributed by atoms with Gasteiger partial charge in [-0.1, -0.05) is 18.6 Å². The van der Waals surface area contributed by atoms with Crippen molar-refractivity contribution >= 4 is 5.91 Å². The van der Waals surface area contributed by atoms with Crippen LogP contribution in [0, 0.1) is 5.92 Å². The topological polar surface area (TPSA) is 55.6 Å². The lowest BCUT2D eigenvalue weighted by atomic mass is 9.71. The average Bonchev–Trinajstić information content (AvgIpc) is 2.71. The minimum atomic E-state index is -4.17. The minimum Gasteiger partial charge on any atom is -0.372 e. The molecule has 1 aromatic carbocycles. The van der Waals surface area contributed by atoms with Crippen molar-refractivity contribution in [3.05, 3.63) is 35.4 Å². The van der Waals surface area contributed by atoms with Crippen molar-refractivity contribution in [1.82, 2.24) is 4.90 Å². The van der Waals surface area contributed by atoms with Crippen molar-refractivity contribution in [2.24, 2.45) is 11.7 Å². The van der Waals surface area contributed by atoms with Crippen molar-refractivity contribution in [2.45, 2.75) is 43.5 Å². The predicted molar refractivity (Wildman–Crippen MR) is 87.0 cm³/mol. The van der Waals surface area contributed by atoms with Crippen LogP contribution in [0.1, 0.15) is 41.6 Å². The van der Waals surface area contributed by atoms with Crippen molar-refractivity contribution in [1.29, 1.82) is 0 Å². The highest BCUT2D eigenvalue weighted by Crippen LogP contribution is 2.52. The smallest absolute Gasteiger partial charge is 0.372 e. The summed E-state index contributed by atoms with van der Waals surface area (Å²) in [6.07, 6.45) is -2.34. The number of ether oxygens (including phenoxy) is 1. The van der Waals surface area contributed by atoms with Crippen LogP contribution in [0.5, 0.6) is 0 Å². The summed E-state index contributed by atoms with van der Waals surface area (Å²) in [5, 5.41) is 0. The van der Waals surface area contributed by atoms with Gasteiger partial charge in [0.2, 0.25) is 5.91 Å². The number of nitrogens with two attached hydrogens (primary N) is 1. The van der Waals surface area contributed by atoms with Gasteiger partial charge >= 0.3 is 6.18 Å². The van der Waals surface area contributed by atoms with Crippen molar-refractivity contribution < 1.29 is 22.7 Å². The van der Waals surface area contributed by atoms with Gasteiger partial charge in [-0.05, 0) is 30.5 Å². The van der Waals surface area contributed by atoms with Gasteiger partial charge in [0.05, 0.1) is 6.42 Å². The molecular formula is C18H23F3N2O2. The van der Waals surface area contributed by atoms with Gasteiger partial charge in [0, 0.05) is 37.7 Å². The highest BCUT2D eigenvalue weighted by Gasteiger charge is 2.57. The molecule has 2 fully saturated rings. The second kappa shape index (κ2) is 6.61. The van der Waals surface area contributed by atoms with Gasteiger partial charge in [0.1, 0.15) is 5.60 Å². The Labute approximate surface area is 145 Å². The predicted octanol–water partition coefficient (Wildman–Crippen LogP) is 3.06. The minimum absolute atomic E-state index is 0.0225. The lowest BCUT2D eigenvalue weighted by Crippen LogP contribution is -2.49. The maximum absolute atomic E-state index is 12.7. The quantitative estimate of drug-likeness (QED) is 0.882. The number of benzene rings is 1. The number of halogens is 3. The van der Waals surface area contributed by atoms with Crippen molar-refractivity contribution in [3.63, 3.8) is 0 Å². The van der Waals surface area contributed by atoms with E-state index in [0.717, 1.165) is 24.8 Å². The van der Waals surface area contributed by atoms with E-state index in [0.29, 0.717) is 12.1 Å². The number of carbonyl (C=O) groups is 1. The van der Waals surface area contributed by atoms with E-state index in [2.05, 4.69) is 0 Å². The van der Waals surface area contributed by atoms with E-state index in [1.54, 1.807) is 25.3 Å². The van der Waals surface area contributed by atoms with Crippen LogP contribution >= 0.6 is 0 Å². The van der Waals surface area contributed by atoms with Crippen LogP contribution in [0.2, 0.25) is 0 Å². The third-order valence-corrected chi connectivity index (χ3v) is 5.65. The Kier molecular flexibility index (Phi) is 4.81. The molecule has 2 N–H and O–H groups in total. The van der Waals surface area contributed by atoms with E-state index in [1.807, 2.05) is 11.0 Å². The van der Waals surface area contributed by atoms with E-state index in [9.17, 15) is 18.0 Å². The summed E-state index contributed by atoms with van der Waals surface area (Å²) in [4.78, 5) is 13.4. The molecule has 1 saturated carbocycles. The molecule has 4 nitrogen and oxygen atoms in total. The van der Waals surface area contributed by atoms with Gasteiger partial charge in [0.15, 0.2) is 0 Å². The van der Waals surface area contributed by atoms with Crippen molar-refractivity contribution in [3.8, 4) is 0 Å². The summed E-state index contributed by atoms with van der Waals surface area (Å²) >= 11 is 0. The molecule has 3 rings (SSSR count). The number of methoxy groups -OCH3 is 1. The zero-order chi connectivity index (χ0) is 18.2. The molecule has 1 heterocycles. The van der Waals surface area contributed by atoms with Gasteiger partial charge in [0.25, 0.3) is 0 Å². The van der Waals surface area contributed by atoms with Gasteiger partial charge in [-0.15, -0.1) is 0 Å². The molecule has 1 aliphatic carbocycles. The van der Waals surface area contributed by atoms with E-state index in [4.69, 9.17) is 10.5 Å². The van der Waals surface area contributed by atoms with Crippen molar-refractivity contribution in [2.75, 3.05) is 20.2 Å². The highest BCUT2D eigenvalue weighted by molar-refractivity contribution is 5.92. The highest BCUT2D eigenvalue weighted by atomic mass is 19.4. The number of primary amides is 1. The second-order valence-corrected chi connectivity index (χ2v) is 6.95. The first-order chi connectivity index (χ1) is 11.8. The SMILES string of the molecule is COC1(c2cccc(C(N)=O)c2)C2CCCC1N(CCC(F)(F)F)C2. The molecule has 1 amide bonds. The van der Waals surface area contributed by atoms with Gasteiger partial charge in [-0.3, -0.25) is 9.69 Å². The fraction of sp³-hybridized carbons (Fsp3) is 0.611. The van der Waals surface area contributed by atoms with Gasteiger partial charge < -0.3 is 10.5 Å². The van der Waals surface area contributed by atoms with E-state index in [-0.39, 0.29) is 18.5 Å². The third kappa shape index (κ3) is 3.27. The summed E-state index contributed by atoms with van der Waals surface area (Å²) in [7, 11) is 1.61. The summed E-state index contributed by atoms with van der Waals surface area (Å²) in [5.74, 6) is -0.419. The number of hydrogen-bond donors (Lipinski definition) is 1. The maximum Gasteiger partial charge on any atom is 0.390 e. The summed E-state index contributed by atoms with van der Waals surface area (Å²) < 4.78 is 44.0. The molecule has 2 bridgehead atoms. The average molecular weight is 356 g/mol. The van der Waals surface area contributed by atoms with Crippen LogP contribution in [-0.2, 0) is 10.3 Å². The standard InChI is InChI=1S/C18H23F3N2O2/c1-25-18(13-5-2-4-12(10-13)16(22)24)14-6-3-7-15(18)23(11-14)9-8-17(19,20)21/h2,4-5,10,14-15H,3,6-9,11H2,1H3,(H2,22,24). The first-order valence-corrected chi connectivity index (χ1v) is 8.54. The Morgan fingerprint density at radius 2 is 2.16 bits per heavy atom.